The van der Waals surface area contributed by atoms with Gasteiger partial charge in [0.15, 0.2) is 0 Å². The van der Waals surface area contributed by atoms with Crippen LogP contribution in [-0.2, 0) is 0 Å². The van der Waals surface area contributed by atoms with E-state index in [0.717, 1.165) is 16.0 Å². The zero-order valence-corrected chi connectivity index (χ0v) is 12.5. The van der Waals surface area contributed by atoms with E-state index in [4.69, 9.17) is 0 Å². The Morgan fingerprint density at radius 3 is 2.71 bits per heavy atom. The largest absolute Gasteiger partial charge is 0.362 e. The molecule has 0 amide bonds. The van der Waals surface area contributed by atoms with Gasteiger partial charge in [-0.2, -0.15) is 0 Å². The maximum Gasteiger partial charge on any atom is 0.138 e. The molecule has 1 atom stereocenters. The number of benzene rings is 1. The van der Waals surface area contributed by atoms with Gasteiger partial charge in [0.25, 0.3) is 0 Å². The summed E-state index contributed by atoms with van der Waals surface area (Å²) in [6.45, 7) is 0. The van der Waals surface area contributed by atoms with Gasteiger partial charge >= 0.3 is 0 Å². The molecule has 2 aromatic heterocycles. The maximum atomic E-state index is 4.47. The Balaban J connectivity index is 1.70. The number of anilines is 1. The van der Waals surface area contributed by atoms with Gasteiger partial charge in [0.1, 0.15) is 17.0 Å². The van der Waals surface area contributed by atoms with Crippen LogP contribution in [0.3, 0.4) is 0 Å². The zero-order chi connectivity index (χ0) is 14.1. The van der Waals surface area contributed by atoms with Gasteiger partial charge in [-0.15, -0.1) is 11.3 Å². The Morgan fingerprint density at radius 1 is 1.10 bits per heavy atom. The Morgan fingerprint density at radius 2 is 1.95 bits per heavy atom. The van der Waals surface area contributed by atoms with Crippen molar-refractivity contribution in [2.45, 2.75) is 25.3 Å². The fraction of sp³-hybridized carbons (Fsp3) is 0.294. The van der Waals surface area contributed by atoms with Crippen molar-refractivity contribution in [2.24, 2.45) is 5.92 Å². The van der Waals surface area contributed by atoms with E-state index in [1.807, 2.05) is 0 Å². The molecule has 0 spiro atoms. The maximum absolute atomic E-state index is 4.47. The number of nitrogens with one attached hydrogen (secondary N) is 1. The van der Waals surface area contributed by atoms with Crippen molar-refractivity contribution in [3.05, 3.63) is 53.7 Å². The number of nitrogens with zero attached hydrogens (tertiary/aromatic N) is 2. The number of hydrogen-bond acceptors (Lipinski definition) is 4. The van der Waals surface area contributed by atoms with E-state index >= 15 is 0 Å². The lowest BCUT2D eigenvalue weighted by Crippen LogP contribution is -2.26. The minimum absolute atomic E-state index is 0.345. The van der Waals surface area contributed by atoms with E-state index in [2.05, 4.69) is 57.1 Å². The van der Waals surface area contributed by atoms with Crippen LogP contribution in [0.2, 0.25) is 0 Å². The van der Waals surface area contributed by atoms with Gasteiger partial charge in [-0.05, 0) is 35.8 Å². The van der Waals surface area contributed by atoms with Gasteiger partial charge in [-0.1, -0.05) is 36.8 Å². The first kappa shape index (κ1) is 12.8. The Labute approximate surface area is 128 Å². The van der Waals surface area contributed by atoms with Crippen molar-refractivity contribution >= 4 is 27.4 Å². The van der Waals surface area contributed by atoms with E-state index in [-0.39, 0.29) is 0 Å². The van der Waals surface area contributed by atoms with Crippen molar-refractivity contribution < 1.29 is 0 Å². The first-order valence-corrected chi connectivity index (χ1v) is 8.29. The molecule has 0 radical (unpaired) electrons. The number of fused-ring (bicyclic) bond motifs is 1. The van der Waals surface area contributed by atoms with Crippen LogP contribution in [0, 0.1) is 5.92 Å². The molecule has 3 nitrogen and oxygen atoms in total. The lowest BCUT2D eigenvalue weighted by atomic mass is 9.77. The molecule has 1 unspecified atom stereocenters. The molecule has 4 heteroatoms. The van der Waals surface area contributed by atoms with E-state index in [1.165, 1.54) is 24.8 Å². The fourth-order valence-electron chi connectivity index (χ4n) is 2.96. The van der Waals surface area contributed by atoms with Crippen molar-refractivity contribution in [3.63, 3.8) is 0 Å². The minimum atomic E-state index is 0.345. The second-order valence-electron chi connectivity index (χ2n) is 5.59. The van der Waals surface area contributed by atoms with Crippen LogP contribution in [0.1, 0.15) is 30.9 Å². The van der Waals surface area contributed by atoms with Crippen molar-refractivity contribution in [1.29, 1.82) is 0 Å². The van der Waals surface area contributed by atoms with Crippen LogP contribution in [0.25, 0.3) is 10.2 Å². The fourth-order valence-corrected chi connectivity index (χ4v) is 3.69. The third-order valence-electron chi connectivity index (χ3n) is 4.33. The Kier molecular flexibility index (Phi) is 3.31. The van der Waals surface area contributed by atoms with Crippen LogP contribution in [0.5, 0.6) is 0 Å². The van der Waals surface area contributed by atoms with Crippen LogP contribution in [-0.4, -0.2) is 9.97 Å². The monoisotopic (exact) mass is 295 g/mol. The number of thiophene rings is 1. The first-order chi connectivity index (χ1) is 10.4. The molecule has 106 valence electrons. The van der Waals surface area contributed by atoms with Crippen LogP contribution in [0.15, 0.2) is 48.1 Å². The van der Waals surface area contributed by atoms with Gasteiger partial charge in [0, 0.05) is 0 Å². The molecule has 1 fully saturated rings. The predicted octanol–water partition coefficient (Wildman–Crippen LogP) is 4.64. The topological polar surface area (TPSA) is 37.8 Å². The van der Waals surface area contributed by atoms with Crippen LogP contribution in [0.4, 0.5) is 5.82 Å². The van der Waals surface area contributed by atoms with Gasteiger partial charge in [-0.3, -0.25) is 0 Å². The van der Waals surface area contributed by atoms with Crippen LogP contribution >= 0.6 is 11.3 Å². The molecule has 0 saturated heterocycles. The predicted molar refractivity (Wildman–Crippen MR) is 87.6 cm³/mol. The lowest BCUT2D eigenvalue weighted by Gasteiger charge is -2.35. The number of rotatable bonds is 4. The highest BCUT2D eigenvalue weighted by molar-refractivity contribution is 7.16. The number of hydrogen-bond donors (Lipinski definition) is 1. The molecular formula is C17H17N3S. The highest BCUT2D eigenvalue weighted by Gasteiger charge is 2.29. The summed E-state index contributed by atoms with van der Waals surface area (Å²) in [6, 6.07) is 13.2. The van der Waals surface area contributed by atoms with E-state index in [9.17, 15) is 0 Å². The summed E-state index contributed by atoms with van der Waals surface area (Å²) in [5.74, 6) is 1.66. The second kappa shape index (κ2) is 5.45. The van der Waals surface area contributed by atoms with Gasteiger partial charge < -0.3 is 5.32 Å². The van der Waals surface area contributed by atoms with Gasteiger partial charge in [-0.25, -0.2) is 9.97 Å². The smallest absolute Gasteiger partial charge is 0.138 e. The molecule has 0 aliphatic heterocycles. The summed E-state index contributed by atoms with van der Waals surface area (Å²) < 4.78 is 0. The Bertz CT molecular complexity index is 734. The molecule has 4 rings (SSSR count). The molecule has 1 N–H and O–H groups in total. The van der Waals surface area contributed by atoms with Gasteiger partial charge in [0.2, 0.25) is 0 Å². The summed E-state index contributed by atoms with van der Waals surface area (Å²) in [5.41, 5.74) is 1.35. The molecule has 1 aliphatic rings. The third-order valence-corrected chi connectivity index (χ3v) is 5.15. The van der Waals surface area contributed by atoms with E-state index in [0.29, 0.717) is 12.0 Å². The minimum Gasteiger partial charge on any atom is -0.362 e. The molecule has 1 aromatic carbocycles. The van der Waals surface area contributed by atoms with Crippen molar-refractivity contribution in [1.82, 2.24) is 9.97 Å². The molecule has 2 heterocycles. The summed E-state index contributed by atoms with van der Waals surface area (Å²) in [6.07, 6.45) is 5.59. The van der Waals surface area contributed by atoms with Crippen LogP contribution < -0.4 is 5.32 Å². The zero-order valence-electron chi connectivity index (χ0n) is 11.7. The summed E-state index contributed by atoms with van der Waals surface area (Å²) in [4.78, 5) is 9.85. The van der Waals surface area contributed by atoms with Gasteiger partial charge in [0.05, 0.1) is 11.4 Å². The standard InChI is InChI=1S/C17H17N3S/c1-2-5-12(6-3-1)15(13-7-4-8-13)20-16-14-9-10-21-17(14)19-11-18-16/h1-3,5-6,9-11,13,15H,4,7-8H2,(H,18,19,20). The van der Waals surface area contributed by atoms with E-state index in [1.54, 1.807) is 17.7 Å². The molecule has 0 bridgehead atoms. The molecule has 1 saturated carbocycles. The summed E-state index contributed by atoms with van der Waals surface area (Å²) >= 11 is 1.66. The molecule has 3 aromatic rings. The van der Waals surface area contributed by atoms with E-state index < -0.39 is 0 Å². The quantitative estimate of drug-likeness (QED) is 0.761. The highest BCUT2D eigenvalue weighted by atomic mass is 32.1. The average molecular weight is 295 g/mol. The summed E-state index contributed by atoms with van der Waals surface area (Å²) in [7, 11) is 0. The number of aromatic nitrogens is 2. The average Bonchev–Trinajstić information content (AvgIpc) is 2.95. The second-order valence-corrected chi connectivity index (χ2v) is 6.48. The summed E-state index contributed by atoms with van der Waals surface area (Å²) in [5, 5.41) is 6.88. The molecule has 1 aliphatic carbocycles. The van der Waals surface area contributed by atoms with Crippen molar-refractivity contribution in [2.75, 3.05) is 5.32 Å². The normalized spacial score (nSPS) is 16.6. The molecule has 21 heavy (non-hydrogen) atoms. The van der Waals surface area contributed by atoms with Crippen molar-refractivity contribution in [3.8, 4) is 0 Å². The Hall–Kier alpha value is -1.94. The lowest BCUT2D eigenvalue weighted by molar-refractivity contribution is 0.277. The first-order valence-electron chi connectivity index (χ1n) is 7.41. The molecular weight excluding hydrogens is 278 g/mol. The third kappa shape index (κ3) is 2.40. The SMILES string of the molecule is c1ccc(C(Nc2ncnc3sccc23)C2CCC2)cc1. The highest BCUT2D eigenvalue weighted by Crippen LogP contribution is 2.40.